The molecule has 0 aromatic heterocycles. The molecule has 0 spiro atoms. The van der Waals surface area contributed by atoms with Crippen molar-refractivity contribution in [1.29, 1.82) is 0 Å². The third kappa shape index (κ3) is 3.67. The van der Waals surface area contributed by atoms with Crippen LogP contribution in [-0.4, -0.2) is 36.4 Å². The van der Waals surface area contributed by atoms with E-state index in [1.54, 1.807) is 13.8 Å². The second kappa shape index (κ2) is 7.35. The van der Waals surface area contributed by atoms with E-state index in [0.29, 0.717) is 5.75 Å². The van der Waals surface area contributed by atoms with Gasteiger partial charge in [0, 0.05) is 23.2 Å². The number of methoxy groups -OCH3 is 1. The number of allylic oxidation sites excluding steroid dienone is 1. The zero-order valence-corrected chi connectivity index (χ0v) is 18.9. The normalized spacial score (nSPS) is 23.3. The van der Waals surface area contributed by atoms with Crippen LogP contribution >= 0.6 is 0 Å². The molecule has 0 saturated carbocycles. The highest BCUT2D eigenvalue weighted by atomic mass is 19.4. The number of anilines is 1. The highest BCUT2D eigenvalue weighted by Gasteiger charge is 2.72. The quantitative estimate of drug-likeness (QED) is 0.748. The van der Waals surface area contributed by atoms with E-state index in [9.17, 15) is 27.6 Å². The molecule has 1 unspecified atom stereocenters. The predicted octanol–water partition coefficient (Wildman–Crippen LogP) is 4.15. The van der Waals surface area contributed by atoms with Crippen LogP contribution in [0.5, 0.6) is 5.75 Å². The first kappa shape index (κ1) is 23.8. The Bertz CT molecular complexity index is 1000. The number of hydrogen-bond acceptors (Lipinski definition) is 4. The van der Waals surface area contributed by atoms with Gasteiger partial charge in [-0.3, -0.25) is 19.3 Å². The standard InChI is InChI=1S/C23H27F3N2O4/c1-20(2,3)18(30)27-22(23(24,25)26)17-15(11-21(4,5)12-16(17)29)28(19(22)31)13-7-9-14(32-6)10-8-13/h7-10H,11-12H2,1-6H3,(H,27,30). The lowest BCUT2D eigenvalue weighted by Gasteiger charge is -2.37. The summed E-state index contributed by atoms with van der Waals surface area (Å²) in [7, 11) is 1.44. The number of benzene rings is 1. The maximum absolute atomic E-state index is 14.7. The summed E-state index contributed by atoms with van der Waals surface area (Å²) >= 11 is 0. The first-order chi connectivity index (χ1) is 14.5. The minimum atomic E-state index is -5.23. The van der Waals surface area contributed by atoms with Crippen molar-refractivity contribution in [3.8, 4) is 5.75 Å². The van der Waals surface area contributed by atoms with Crippen LogP contribution in [0.2, 0.25) is 0 Å². The molecule has 32 heavy (non-hydrogen) atoms. The van der Waals surface area contributed by atoms with Crippen LogP contribution in [0.15, 0.2) is 35.5 Å². The second-order valence-electron chi connectivity index (χ2n) is 10.1. The molecule has 174 valence electrons. The molecule has 1 aromatic rings. The summed E-state index contributed by atoms with van der Waals surface area (Å²) in [5.41, 5.74) is -5.89. The van der Waals surface area contributed by atoms with Gasteiger partial charge in [-0.15, -0.1) is 0 Å². The largest absolute Gasteiger partial charge is 0.497 e. The molecule has 0 bridgehead atoms. The van der Waals surface area contributed by atoms with Gasteiger partial charge in [0.15, 0.2) is 5.78 Å². The van der Waals surface area contributed by atoms with Gasteiger partial charge in [-0.1, -0.05) is 34.6 Å². The number of rotatable bonds is 3. The zero-order valence-electron chi connectivity index (χ0n) is 18.9. The number of nitrogens with zero attached hydrogens (tertiary/aromatic N) is 1. The summed E-state index contributed by atoms with van der Waals surface area (Å²) in [6, 6.07) is 5.93. The molecule has 0 saturated heterocycles. The topological polar surface area (TPSA) is 75.7 Å². The molecule has 6 nitrogen and oxygen atoms in total. The Morgan fingerprint density at radius 2 is 1.62 bits per heavy atom. The van der Waals surface area contributed by atoms with Crippen molar-refractivity contribution in [2.24, 2.45) is 10.8 Å². The van der Waals surface area contributed by atoms with Crippen LogP contribution < -0.4 is 15.0 Å². The number of ketones is 1. The van der Waals surface area contributed by atoms with Crippen LogP contribution in [-0.2, 0) is 14.4 Å². The first-order valence-electron chi connectivity index (χ1n) is 10.2. The van der Waals surface area contributed by atoms with Gasteiger partial charge < -0.3 is 10.1 Å². The monoisotopic (exact) mass is 452 g/mol. The Morgan fingerprint density at radius 1 is 1.06 bits per heavy atom. The summed E-state index contributed by atoms with van der Waals surface area (Å²) in [6.07, 6.45) is -5.34. The van der Waals surface area contributed by atoms with Crippen LogP contribution in [0, 0.1) is 10.8 Å². The smallest absolute Gasteiger partial charge is 0.425 e. The molecule has 1 aromatic carbocycles. The van der Waals surface area contributed by atoms with E-state index in [4.69, 9.17) is 4.74 Å². The van der Waals surface area contributed by atoms with Crippen LogP contribution in [0.1, 0.15) is 47.5 Å². The number of alkyl halides is 3. The molecule has 1 atom stereocenters. The number of hydrogen-bond donors (Lipinski definition) is 1. The summed E-state index contributed by atoms with van der Waals surface area (Å²) in [4.78, 5) is 40.3. The molecular weight excluding hydrogens is 425 g/mol. The number of Topliss-reactive ketones (excluding diaryl/α,β-unsaturated/α-hetero) is 1. The molecule has 0 fully saturated rings. The van der Waals surface area contributed by atoms with Gasteiger partial charge in [-0.2, -0.15) is 13.2 Å². The number of carbonyl (C=O) groups is 3. The molecule has 3 rings (SSSR count). The SMILES string of the molecule is COc1ccc(N2C(=O)C(NC(=O)C(C)(C)C)(C(F)(F)F)C3=C2CC(C)(C)CC3=O)cc1. The lowest BCUT2D eigenvalue weighted by Crippen LogP contribution is -2.67. The van der Waals surface area contributed by atoms with Gasteiger partial charge in [0.25, 0.3) is 5.91 Å². The number of amides is 2. The maximum Gasteiger partial charge on any atom is 0.425 e. The molecule has 2 aliphatic rings. The fourth-order valence-corrected chi connectivity index (χ4v) is 4.11. The molecule has 1 heterocycles. The van der Waals surface area contributed by atoms with E-state index >= 15 is 0 Å². The van der Waals surface area contributed by atoms with Crippen molar-refractivity contribution in [3.63, 3.8) is 0 Å². The van der Waals surface area contributed by atoms with E-state index in [-0.39, 0.29) is 24.2 Å². The van der Waals surface area contributed by atoms with Crippen molar-refractivity contribution in [2.45, 2.75) is 59.2 Å². The summed E-state index contributed by atoms with van der Waals surface area (Å²) in [5.74, 6) is -2.74. The van der Waals surface area contributed by atoms with E-state index in [0.717, 1.165) is 4.90 Å². The van der Waals surface area contributed by atoms with Crippen molar-refractivity contribution < 1.29 is 32.3 Å². The minimum absolute atomic E-state index is 0.0343. The first-order valence-corrected chi connectivity index (χ1v) is 10.2. The van der Waals surface area contributed by atoms with E-state index in [2.05, 4.69) is 0 Å². The zero-order chi connectivity index (χ0) is 24.3. The average Bonchev–Trinajstić information content (AvgIpc) is 2.88. The Hall–Kier alpha value is -2.84. The van der Waals surface area contributed by atoms with E-state index < -0.39 is 45.7 Å². The Kier molecular flexibility index (Phi) is 5.47. The molecule has 1 N–H and O–H groups in total. The van der Waals surface area contributed by atoms with Gasteiger partial charge in [0.1, 0.15) is 5.75 Å². The molecule has 2 amide bonds. The molecule has 9 heteroatoms. The second-order valence-corrected chi connectivity index (χ2v) is 10.1. The van der Waals surface area contributed by atoms with Gasteiger partial charge >= 0.3 is 6.18 Å². The number of ether oxygens (including phenoxy) is 1. The third-order valence-electron chi connectivity index (χ3n) is 5.76. The van der Waals surface area contributed by atoms with E-state index in [1.807, 2.05) is 5.32 Å². The number of halogens is 3. The molecule has 1 aliphatic heterocycles. The van der Waals surface area contributed by atoms with E-state index in [1.165, 1.54) is 52.1 Å². The molecule has 1 aliphatic carbocycles. The fraction of sp³-hybridized carbons (Fsp3) is 0.522. The highest BCUT2D eigenvalue weighted by Crippen LogP contribution is 2.53. The van der Waals surface area contributed by atoms with Gasteiger partial charge in [-0.25, -0.2) is 0 Å². The maximum atomic E-state index is 14.7. The molecule has 0 radical (unpaired) electrons. The Balaban J connectivity index is 2.29. The summed E-state index contributed by atoms with van der Waals surface area (Å²) in [6.45, 7) is 7.83. The lowest BCUT2D eigenvalue weighted by molar-refractivity contribution is -0.191. The average molecular weight is 452 g/mol. The van der Waals surface area contributed by atoms with Gasteiger partial charge in [0.2, 0.25) is 11.4 Å². The van der Waals surface area contributed by atoms with Gasteiger partial charge in [0.05, 0.1) is 12.7 Å². The highest BCUT2D eigenvalue weighted by molar-refractivity contribution is 6.20. The fourth-order valence-electron chi connectivity index (χ4n) is 4.11. The van der Waals surface area contributed by atoms with Crippen molar-refractivity contribution >= 4 is 23.3 Å². The minimum Gasteiger partial charge on any atom is -0.497 e. The van der Waals surface area contributed by atoms with Crippen molar-refractivity contribution in [1.82, 2.24) is 5.32 Å². The van der Waals surface area contributed by atoms with Crippen molar-refractivity contribution in [3.05, 3.63) is 35.5 Å². The third-order valence-corrected chi connectivity index (χ3v) is 5.76. The number of nitrogens with one attached hydrogen (secondary N) is 1. The van der Waals surface area contributed by atoms with Crippen LogP contribution in [0.25, 0.3) is 0 Å². The summed E-state index contributed by atoms with van der Waals surface area (Å²) in [5, 5.41) is 1.94. The lowest BCUT2D eigenvalue weighted by atomic mass is 9.72. The van der Waals surface area contributed by atoms with Crippen molar-refractivity contribution in [2.75, 3.05) is 12.0 Å². The van der Waals surface area contributed by atoms with Crippen LogP contribution in [0.4, 0.5) is 18.9 Å². The molecular formula is C23H27F3N2O4. The van der Waals surface area contributed by atoms with Gasteiger partial charge in [-0.05, 0) is 36.1 Å². The number of carbonyl (C=O) groups excluding carboxylic acids is 3. The summed E-state index contributed by atoms with van der Waals surface area (Å²) < 4.78 is 49.2. The Labute approximate surface area is 184 Å². The Morgan fingerprint density at radius 3 is 2.09 bits per heavy atom. The predicted molar refractivity (Wildman–Crippen MR) is 112 cm³/mol. The van der Waals surface area contributed by atoms with Crippen LogP contribution in [0.3, 0.4) is 0 Å².